The molecule has 0 spiro atoms. The van der Waals surface area contributed by atoms with E-state index in [4.69, 9.17) is 5.73 Å². The van der Waals surface area contributed by atoms with Crippen molar-refractivity contribution in [1.82, 2.24) is 14.9 Å². The smallest absolute Gasteiger partial charge is 0.328 e. The number of hydrogen-bond donors (Lipinski definition) is 3. The monoisotopic (exact) mass is 366 g/mol. The summed E-state index contributed by atoms with van der Waals surface area (Å²) in [5, 5.41) is 3.44. The van der Waals surface area contributed by atoms with Crippen molar-refractivity contribution in [2.75, 3.05) is 6.54 Å². The number of carbonyl (C=O) groups is 1. The lowest BCUT2D eigenvalue weighted by molar-refractivity contribution is -0.123. The number of aromatic nitrogens is 2. The SMILES string of the molecule is CC(CN)(NC(=O)CCn1c(=O)[nH]c(=O)c2ccccc21)C1CC1.Cl. The number of carbonyl (C=O) groups excluding carboxylic acids is 1. The van der Waals surface area contributed by atoms with Crippen molar-refractivity contribution in [3.63, 3.8) is 0 Å². The summed E-state index contributed by atoms with van der Waals surface area (Å²) in [6, 6.07) is 6.86. The second-order valence-corrected chi connectivity index (χ2v) is 6.62. The van der Waals surface area contributed by atoms with Gasteiger partial charge in [-0.2, -0.15) is 0 Å². The largest absolute Gasteiger partial charge is 0.349 e. The Balaban J connectivity index is 0.00000225. The Labute approximate surface area is 151 Å². The zero-order chi connectivity index (χ0) is 17.3. The van der Waals surface area contributed by atoms with Crippen LogP contribution in [0, 0.1) is 5.92 Å². The number of benzene rings is 1. The van der Waals surface area contributed by atoms with Crippen molar-refractivity contribution in [3.8, 4) is 0 Å². The molecule has 1 aliphatic carbocycles. The average Bonchev–Trinajstić information content (AvgIpc) is 3.40. The second kappa shape index (κ2) is 7.41. The molecule has 1 unspecified atom stereocenters. The quantitative estimate of drug-likeness (QED) is 0.700. The van der Waals surface area contributed by atoms with Gasteiger partial charge in [0.1, 0.15) is 0 Å². The molecule has 1 aromatic carbocycles. The number of hydrogen-bond acceptors (Lipinski definition) is 4. The first-order valence-corrected chi connectivity index (χ1v) is 8.17. The Bertz CT molecular complexity index is 887. The standard InChI is InChI=1S/C17H22N4O3.ClH/c1-17(10-18,11-6-7-11)20-14(22)8-9-21-13-5-3-2-4-12(13)15(23)19-16(21)24;/h2-5,11H,6-10,18H2,1H3,(H,20,22)(H,19,23,24);1H. The van der Waals surface area contributed by atoms with Crippen LogP contribution >= 0.6 is 12.4 Å². The van der Waals surface area contributed by atoms with E-state index in [-0.39, 0.29) is 36.8 Å². The number of fused-ring (bicyclic) bond motifs is 1. The van der Waals surface area contributed by atoms with E-state index in [0.717, 1.165) is 12.8 Å². The maximum absolute atomic E-state index is 12.3. The Morgan fingerprint density at radius 3 is 2.68 bits per heavy atom. The minimum absolute atomic E-state index is 0. The second-order valence-electron chi connectivity index (χ2n) is 6.62. The Morgan fingerprint density at radius 2 is 2.04 bits per heavy atom. The normalized spacial score (nSPS) is 16.1. The molecule has 1 amide bonds. The van der Waals surface area contributed by atoms with E-state index in [1.807, 2.05) is 6.92 Å². The van der Waals surface area contributed by atoms with Crippen LogP contribution in [-0.4, -0.2) is 27.5 Å². The van der Waals surface area contributed by atoms with Crippen molar-refractivity contribution in [3.05, 3.63) is 45.1 Å². The highest BCUT2D eigenvalue weighted by molar-refractivity contribution is 5.85. The van der Waals surface area contributed by atoms with E-state index in [1.165, 1.54) is 4.57 Å². The number of rotatable bonds is 6. The maximum atomic E-state index is 12.3. The highest BCUT2D eigenvalue weighted by Gasteiger charge is 2.41. The fraction of sp³-hybridized carbons (Fsp3) is 0.471. The third-order valence-electron chi connectivity index (χ3n) is 4.79. The van der Waals surface area contributed by atoms with Gasteiger partial charge < -0.3 is 11.1 Å². The lowest BCUT2D eigenvalue weighted by Crippen LogP contribution is -2.53. The number of amides is 1. The molecule has 1 heterocycles. The lowest BCUT2D eigenvalue weighted by atomic mass is 9.96. The lowest BCUT2D eigenvalue weighted by Gasteiger charge is -2.29. The molecule has 7 nitrogen and oxygen atoms in total. The number of aromatic amines is 1. The number of halogens is 1. The summed E-state index contributed by atoms with van der Waals surface area (Å²) in [6.45, 7) is 2.56. The van der Waals surface area contributed by atoms with Crippen molar-refractivity contribution >= 4 is 29.2 Å². The van der Waals surface area contributed by atoms with Gasteiger partial charge in [0.05, 0.1) is 16.4 Å². The van der Waals surface area contributed by atoms with Crippen molar-refractivity contribution < 1.29 is 4.79 Å². The van der Waals surface area contributed by atoms with E-state index in [2.05, 4.69) is 10.3 Å². The number of nitrogens with one attached hydrogen (secondary N) is 2. The first-order valence-electron chi connectivity index (χ1n) is 8.17. The Hall–Kier alpha value is -2.12. The maximum Gasteiger partial charge on any atom is 0.328 e. The topological polar surface area (TPSA) is 110 Å². The molecule has 25 heavy (non-hydrogen) atoms. The van der Waals surface area contributed by atoms with Gasteiger partial charge in [0.15, 0.2) is 0 Å². The van der Waals surface area contributed by atoms with Gasteiger partial charge in [-0.15, -0.1) is 12.4 Å². The van der Waals surface area contributed by atoms with Gasteiger partial charge in [0, 0.05) is 19.5 Å². The van der Waals surface area contributed by atoms with Crippen LogP contribution in [-0.2, 0) is 11.3 Å². The molecule has 0 radical (unpaired) electrons. The third-order valence-corrected chi connectivity index (χ3v) is 4.79. The van der Waals surface area contributed by atoms with Gasteiger partial charge in [-0.05, 0) is 37.8 Å². The molecule has 1 aliphatic rings. The molecule has 4 N–H and O–H groups in total. The van der Waals surface area contributed by atoms with Crippen LogP contribution in [0.1, 0.15) is 26.2 Å². The summed E-state index contributed by atoms with van der Waals surface area (Å²) in [4.78, 5) is 38.5. The minimum atomic E-state index is -0.504. The average molecular weight is 367 g/mol. The van der Waals surface area contributed by atoms with Crippen LogP contribution in [0.5, 0.6) is 0 Å². The highest BCUT2D eigenvalue weighted by Crippen LogP contribution is 2.38. The Morgan fingerprint density at radius 1 is 1.36 bits per heavy atom. The van der Waals surface area contributed by atoms with E-state index in [1.54, 1.807) is 24.3 Å². The van der Waals surface area contributed by atoms with Gasteiger partial charge in [-0.3, -0.25) is 19.1 Å². The molecule has 1 atom stereocenters. The van der Waals surface area contributed by atoms with Crippen LogP contribution in [0.4, 0.5) is 0 Å². The van der Waals surface area contributed by atoms with Crippen LogP contribution in [0.3, 0.4) is 0 Å². The summed E-state index contributed by atoms with van der Waals surface area (Å²) in [6.07, 6.45) is 2.31. The van der Waals surface area contributed by atoms with E-state index in [0.29, 0.717) is 23.4 Å². The summed E-state index contributed by atoms with van der Waals surface area (Å²) in [7, 11) is 0. The fourth-order valence-electron chi connectivity index (χ4n) is 3.10. The summed E-state index contributed by atoms with van der Waals surface area (Å²) < 4.78 is 1.42. The molecule has 2 aromatic rings. The molecule has 1 saturated carbocycles. The predicted molar refractivity (Wildman–Crippen MR) is 99.0 cm³/mol. The molecular weight excluding hydrogens is 344 g/mol. The van der Waals surface area contributed by atoms with Crippen molar-refractivity contribution in [2.45, 2.75) is 38.3 Å². The molecule has 136 valence electrons. The highest BCUT2D eigenvalue weighted by atomic mass is 35.5. The summed E-state index contributed by atoms with van der Waals surface area (Å²) in [5.74, 6) is 0.292. The van der Waals surface area contributed by atoms with E-state index >= 15 is 0 Å². The van der Waals surface area contributed by atoms with Gasteiger partial charge >= 0.3 is 5.69 Å². The summed E-state index contributed by atoms with van der Waals surface area (Å²) >= 11 is 0. The molecule has 1 aromatic heterocycles. The Kier molecular flexibility index (Phi) is 5.69. The number of aryl methyl sites for hydroxylation is 1. The van der Waals surface area contributed by atoms with Crippen LogP contribution in [0.2, 0.25) is 0 Å². The number of H-pyrrole nitrogens is 1. The summed E-state index contributed by atoms with van der Waals surface area (Å²) in [5.41, 5.74) is 5.04. The van der Waals surface area contributed by atoms with E-state index in [9.17, 15) is 14.4 Å². The number of nitrogens with zero attached hydrogens (tertiary/aromatic N) is 1. The van der Waals surface area contributed by atoms with E-state index < -0.39 is 11.2 Å². The zero-order valence-corrected chi connectivity index (χ0v) is 14.9. The third kappa shape index (κ3) is 3.93. The van der Waals surface area contributed by atoms with Gasteiger partial charge in [0.25, 0.3) is 5.56 Å². The van der Waals surface area contributed by atoms with Crippen molar-refractivity contribution in [1.29, 1.82) is 0 Å². The van der Waals surface area contributed by atoms with Crippen molar-refractivity contribution in [2.24, 2.45) is 11.7 Å². The minimum Gasteiger partial charge on any atom is -0.349 e. The molecule has 0 saturated heterocycles. The molecule has 0 aliphatic heterocycles. The predicted octanol–water partition coefficient (Wildman–Crippen LogP) is 0.745. The van der Waals surface area contributed by atoms with Gasteiger partial charge in [0.2, 0.25) is 5.91 Å². The molecule has 3 rings (SSSR count). The molecule has 8 heteroatoms. The number of nitrogens with two attached hydrogens (primary N) is 1. The van der Waals surface area contributed by atoms with Gasteiger partial charge in [-0.25, -0.2) is 4.79 Å². The first kappa shape index (κ1) is 19.2. The molecule has 1 fully saturated rings. The molecular formula is C17H23ClN4O3. The van der Waals surface area contributed by atoms with Crippen LogP contribution < -0.4 is 22.3 Å². The zero-order valence-electron chi connectivity index (χ0n) is 14.1. The number of para-hydroxylation sites is 1. The van der Waals surface area contributed by atoms with Crippen LogP contribution in [0.15, 0.2) is 33.9 Å². The van der Waals surface area contributed by atoms with Crippen LogP contribution in [0.25, 0.3) is 10.9 Å². The van der Waals surface area contributed by atoms with Gasteiger partial charge in [-0.1, -0.05) is 12.1 Å². The fourth-order valence-corrected chi connectivity index (χ4v) is 3.10. The molecule has 0 bridgehead atoms. The first-order chi connectivity index (χ1) is 11.4.